The van der Waals surface area contributed by atoms with E-state index in [9.17, 15) is 23.3 Å². The van der Waals surface area contributed by atoms with Gasteiger partial charge in [-0.25, -0.2) is 0 Å². The van der Waals surface area contributed by atoms with Gasteiger partial charge in [-0.05, 0) is 54.8 Å². The standard InChI is InChI=1S/C21H24N2O6S/c1-4-16(2)22(15-18-7-12-20(13-8-18)29-30(3,27)28)21(24)14-9-17-5-10-19(11-6-17)23(25)26/h5-14,16H,4,15H2,1-3H3/b14-9+/t16-/m1/s1. The number of hydrogen-bond donors (Lipinski definition) is 0. The summed E-state index contributed by atoms with van der Waals surface area (Å²) in [5.41, 5.74) is 1.50. The van der Waals surface area contributed by atoms with Crippen molar-refractivity contribution in [1.82, 2.24) is 4.90 Å². The highest BCUT2D eigenvalue weighted by molar-refractivity contribution is 7.86. The Labute approximate surface area is 176 Å². The fourth-order valence-electron chi connectivity index (χ4n) is 2.66. The summed E-state index contributed by atoms with van der Waals surface area (Å²) < 4.78 is 27.2. The molecule has 0 aliphatic heterocycles. The molecule has 0 aliphatic rings. The Hall–Kier alpha value is -3.20. The number of carbonyl (C=O) groups is 1. The van der Waals surface area contributed by atoms with E-state index in [4.69, 9.17) is 4.18 Å². The van der Waals surface area contributed by atoms with Crippen molar-refractivity contribution in [2.75, 3.05) is 6.26 Å². The Morgan fingerprint density at radius 1 is 1.17 bits per heavy atom. The first-order valence-corrected chi connectivity index (χ1v) is 11.1. The van der Waals surface area contributed by atoms with Gasteiger partial charge in [0, 0.05) is 30.8 Å². The van der Waals surface area contributed by atoms with E-state index < -0.39 is 15.0 Å². The van der Waals surface area contributed by atoms with Gasteiger partial charge >= 0.3 is 10.1 Å². The smallest absolute Gasteiger partial charge is 0.306 e. The quantitative estimate of drug-likeness (QED) is 0.258. The Morgan fingerprint density at radius 3 is 2.27 bits per heavy atom. The molecule has 0 aliphatic carbocycles. The molecule has 1 amide bonds. The second-order valence-corrected chi connectivity index (χ2v) is 8.41. The van der Waals surface area contributed by atoms with Crippen molar-refractivity contribution in [2.24, 2.45) is 0 Å². The van der Waals surface area contributed by atoms with Crippen LogP contribution in [0.25, 0.3) is 6.08 Å². The van der Waals surface area contributed by atoms with Crippen LogP contribution in [0.3, 0.4) is 0 Å². The van der Waals surface area contributed by atoms with Crippen LogP contribution < -0.4 is 4.18 Å². The van der Waals surface area contributed by atoms with Crippen LogP contribution in [-0.2, 0) is 21.5 Å². The Morgan fingerprint density at radius 2 is 1.77 bits per heavy atom. The molecule has 0 spiro atoms. The summed E-state index contributed by atoms with van der Waals surface area (Å²) in [6.45, 7) is 4.27. The molecule has 0 fully saturated rings. The second kappa shape index (κ2) is 10.0. The number of non-ortho nitro benzene ring substituents is 1. The zero-order valence-corrected chi connectivity index (χ0v) is 17.8. The van der Waals surface area contributed by atoms with Gasteiger partial charge in [0.2, 0.25) is 5.91 Å². The van der Waals surface area contributed by atoms with Crippen molar-refractivity contribution in [3.8, 4) is 5.75 Å². The zero-order valence-electron chi connectivity index (χ0n) is 17.0. The molecule has 0 saturated heterocycles. The summed E-state index contributed by atoms with van der Waals surface area (Å²) in [4.78, 5) is 24.7. The molecule has 0 saturated carbocycles. The van der Waals surface area contributed by atoms with Crippen molar-refractivity contribution < 1.29 is 22.3 Å². The van der Waals surface area contributed by atoms with E-state index in [0.29, 0.717) is 12.1 Å². The van der Waals surface area contributed by atoms with E-state index in [2.05, 4.69) is 0 Å². The molecule has 30 heavy (non-hydrogen) atoms. The van der Waals surface area contributed by atoms with Crippen LogP contribution in [-0.4, -0.2) is 36.4 Å². The number of carbonyl (C=O) groups excluding carboxylic acids is 1. The molecule has 2 aromatic rings. The lowest BCUT2D eigenvalue weighted by molar-refractivity contribution is -0.384. The number of amides is 1. The second-order valence-electron chi connectivity index (χ2n) is 6.84. The van der Waals surface area contributed by atoms with Gasteiger partial charge in [0.25, 0.3) is 5.69 Å². The van der Waals surface area contributed by atoms with Crippen LogP contribution in [0, 0.1) is 10.1 Å². The lowest BCUT2D eigenvalue weighted by Gasteiger charge is -2.27. The number of nitrogens with zero attached hydrogens (tertiary/aromatic N) is 2. The fourth-order valence-corrected chi connectivity index (χ4v) is 3.12. The molecule has 2 aromatic carbocycles. The summed E-state index contributed by atoms with van der Waals surface area (Å²) in [6, 6.07) is 12.4. The number of benzene rings is 2. The molecular formula is C21H24N2O6S. The predicted octanol–water partition coefficient (Wildman–Crippen LogP) is 3.77. The van der Waals surface area contributed by atoms with Crippen LogP contribution in [0.1, 0.15) is 31.4 Å². The van der Waals surface area contributed by atoms with Crippen LogP contribution in [0.4, 0.5) is 5.69 Å². The van der Waals surface area contributed by atoms with Gasteiger partial charge in [-0.15, -0.1) is 0 Å². The van der Waals surface area contributed by atoms with Gasteiger partial charge in [-0.2, -0.15) is 8.42 Å². The zero-order chi connectivity index (χ0) is 22.3. The number of hydrogen-bond acceptors (Lipinski definition) is 6. The van der Waals surface area contributed by atoms with Crippen LogP contribution in [0.15, 0.2) is 54.6 Å². The highest BCUT2D eigenvalue weighted by Crippen LogP contribution is 2.18. The first-order chi connectivity index (χ1) is 14.1. The minimum atomic E-state index is -3.60. The van der Waals surface area contributed by atoms with Crippen molar-refractivity contribution in [2.45, 2.75) is 32.9 Å². The molecule has 0 heterocycles. The lowest BCUT2D eigenvalue weighted by Crippen LogP contribution is -2.36. The van der Waals surface area contributed by atoms with E-state index in [1.165, 1.54) is 18.2 Å². The molecule has 0 bridgehead atoms. The molecule has 8 nitrogen and oxygen atoms in total. The molecule has 0 N–H and O–H groups in total. The maximum Gasteiger partial charge on any atom is 0.306 e. The summed E-state index contributed by atoms with van der Waals surface area (Å²) in [6.07, 6.45) is 4.78. The SMILES string of the molecule is CC[C@@H](C)N(Cc1ccc(OS(C)(=O)=O)cc1)C(=O)/C=C/c1ccc([N+](=O)[O-])cc1. The highest BCUT2D eigenvalue weighted by atomic mass is 32.2. The van der Waals surface area contributed by atoms with Crippen molar-refractivity contribution in [1.29, 1.82) is 0 Å². The third-order valence-corrected chi connectivity index (χ3v) is 4.95. The van der Waals surface area contributed by atoms with Gasteiger partial charge in [0.05, 0.1) is 11.2 Å². The molecule has 2 rings (SSSR count). The van der Waals surface area contributed by atoms with Crippen LogP contribution >= 0.6 is 0 Å². The number of nitro groups is 1. The van der Waals surface area contributed by atoms with Gasteiger partial charge in [-0.1, -0.05) is 19.1 Å². The average molecular weight is 432 g/mol. The average Bonchev–Trinajstić information content (AvgIpc) is 2.70. The summed E-state index contributed by atoms with van der Waals surface area (Å²) in [7, 11) is -3.60. The van der Waals surface area contributed by atoms with Crippen LogP contribution in [0.5, 0.6) is 5.75 Å². The fraction of sp³-hybridized carbons (Fsp3) is 0.286. The molecule has 160 valence electrons. The van der Waals surface area contributed by atoms with Gasteiger partial charge < -0.3 is 9.08 Å². The minimum Gasteiger partial charge on any atom is -0.383 e. The Kier molecular flexibility index (Phi) is 7.71. The van der Waals surface area contributed by atoms with E-state index in [1.807, 2.05) is 13.8 Å². The summed E-state index contributed by atoms with van der Waals surface area (Å²) in [5, 5.41) is 10.7. The first kappa shape index (κ1) is 23.1. The van der Waals surface area contributed by atoms with Gasteiger partial charge in [0.15, 0.2) is 0 Å². The maximum atomic E-state index is 12.8. The Bertz CT molecular complexity index is 1010. The normalized spacial score (nSPS) is 12.5. The maximum absolute atomic E-state index is 12.8. The Balaban J connectivity index is 2.12. The molecular weight excluding hydrogens is 408 g/mol. The third kappa shape index (κ3) is 7.00. The predicted molar refractivity (Wildman–Crippen MR) is 114 cm³/mol. The molecule has 0 unspecified atom stereocenters. The summed E-state index contributed by atoms with van der Waals surface area (Å²) in [5.74, 6) is 0.0138. The molecule has 9 heteroatoms. The highest BCUT2D eigenvalue weighted by Gasteiger charge is 2.17. The number of rotatable bonds is 9. The molecule has 0 radical (unpaired) electrons. The third-order valence-electron chi connectivity index (χ3n) is 4.45. The first-order valence-electron chi connectivity index (χ1n) is 9.30. The van der Waals surface area contributed by atoms with Crippen molar-refractivity contribution in [3.05, 3.63) is 75.8 Å². The van der Waals surface area contributed by atoms with Gasteiger partial charge in [0.1, 0.15) is 5.75 Å². The van der Waals surface area contributed by atoms with E-state index >= 15 is 0 Å². The monoisotopic (exact) mass is 432 g/mol. The van der Waals surface area contributed by atoms with E-state index in [1.54, 1.807) is 47.4 Å². The topological polar surface area (TPSA) is 107 Å². The van der Waals surface area contributed by atoms with Crippen molar-refractivity contribution in [3.63, 3.8) is 0 Å². The lowest BCUT2D eigenvalue weighted by atomic mass is 10.1. The largest absolute Gasteiger partial charge is 0.383 e. The van der Waals surface area contributed by atoms with Crippen LogP contribution in [0.2, 0.25) is 0 Å². The van der Waals surface area contributed by atoms with E-state index in [-0.39, 0.29) is 23.4 Å². The molecule has 1 atom stereocenters. The summed E-state index contributed by atoms with van der Waals surface area (Å²) >= 11 is 0. The van der Waals surface area contributed by atoms with E-state index in [0.717, 1.165) is 18.2 Å². The van der Waals surface area contributed by atoms with Crippen molar-refractivity contribution >= 4 is 27.8 Å². The molecule has 0 aromatic heterocycles. The minimum absolute atomic E-state index is 0.0111. The number of nitro benzene ring substituents is 1. The van der Waals surface area contributed by atoms with Gasteiger partial charge in [-0.3, -0.25) is 14.9 Å².